The Labute approximate surface area is 119 Å². The number of Topliss-reactive ketones (excluding diaryl/α,β-unsaturated/α-hetero) is 2. The van der Waals surface area contributed by atoms with Crippen LogP contribution in [-0.2, 0) is 23.9 Å². The van der Waals surface area contributed by atoms with Crippen molar-refractivity contribution < 1.29 is 23.9 Å². The molecule has 0 saturated heterocycles. The van der Waals surface area contributed by atoms with E-state index in [2.05, 4.69) is 11.3 Å². The second-order valence-electron chi connectivity index (χ2n) is 3.89. The molecular weight excluding hydrogens is 262 g/mol. The van der Waals surface area contributed by atoms with Crippen molar-refractivity contribution >= 4 is 23.4 Å². The molecule has 0 bridgehead atoms. The third kappa shape index (κ3) is 36.0. The maximum Gasteiger partial charge on any atom is 0.332 e. The molecule has 6 heteroatoms. The van der Waals surface area contributed by atoms with Crippen LogP contribution in [0.2, 0.25) is 0 Å². The van der Waals surface area contributed by atoms with Gasteiger partial charge in [0, 0.05) is 12.0 Å². The average Bonchev–Trinajstić information content (AvgIpc) is 2.26. The smallest absolute Gasteiger partial charge is 0.332 e. The lowest BCUT2D eigenvalue weighted by Gasteiger charge is -1.91. The summed E-state index contributed by atoms with van der Waals surface area (Å²) in [4.78, 5) is 39.9. The summed E-state index contributed by atoms with van der Waals surface area (Å²) in [7, 11) is 1.33. The van der Waals surface area contributed by atoms with E-state index < -0.39 is 5.91 Å². The number of allylic oxidation sites excluding steroid dienone is 1. The second-order valence-corrected chi connectivity index (χ2v) is 3.89. The van der Waals surface area contributed by atoms with E-state index in [1.54, 1.807) is 6.92 Å². The number of amides is 1. The highest BCUT2D eigenvalue weighted by Crippen LogP contribution is 1.87. The van der Waals surface area contributed by atoms with E-state index >= 15 is 0 Å². The molecule has 0 fully saturated rings. The quantitative estimate of drug-likeness (QED) is 0.620. The minimum atomic E-state index is -0.517. The molecule has 0 aromatic carbocycles. The van der Waals surface area contributed by atoms with Crippen LogP contribution in [0.15, 0.2) is 24.3 Å². The number of ether oxygens (including phenoxy) is 1. The maximum atomic E-state index is 10.2. The maximum absolute atomic E-state index is 10.2. The first-order valence-corrected chi connectivity index (χ1v) is 5.70. The summed E-state index contributed by atoms with van der Waals surface area (Å²) in [5.41, 5.74) is 5.17. The van der Waals surface area contributed by atoms with E-state index in [4.69, 9.17) is 5.73 Å². The molecule has 0 radical (unpaired) electrons. The number of hydrogen-bond acceptors (Lipinski definition) is 5. The van der Waals surface area contributed by atoms with E-state index in [-0.39, 0.29) is 24.0 Å². The largest absolute Gasteiger partial charge is 0.466 e. The fourth-order valence-electron chi connectivity index (χ4n) is 0.515. The van der Waals surface area contributed by atoms with Crippen molar-refractivity contribution in [2.24, 2.45) is 5.73 Å². The number of carbonyl (C=O) groups is 4. The number of hydrogen-bond donors (Lipinski definition) is 1. The Hall–Kier alpha value is -2.24. The van der Waals surface area contributed by atoms with Gasteiger partial charge in [0.05, 0.1) is 7.11 Å². The van der Waals surface area contributed by atoms with Crippen molar-refractivity contribution in [3.63, 3.8) is 0 Å². The molecule has 0 heterocycles. The monoisotopic (exact) mass is 285 g/mol. The van der Waals surface area contributed by atoms with Crippen molar-refractivity contribution in [3.8, 4) is 0 Å². The number of nitrogens with two attached hydrogens (primary N) is 1. The Morgan fingerprint density at radius 3 is 1.65 bits per heavy atom. The molecule has 0 aromatic heterocycles. The van der Waals surface area contributed by atoms with Crippen LogP contribution in [-0.4, -0.2) is 30.6 Å². The van der Waals surface area contributed by atoms with Gasteiger partial charge < -0.3 is 15.3 Å². The van der Waals surface area contributed by atoms with Gasteiger partial charge in [-0.15, -0.1) is 0 Å². The highest BCUT2D eigenvalue weighted by Gasteiger charge is 1.95. The van der Waals surface area contributed by atoms with Crippen LogP contribution in [0.4, 0.5) is 0 Å². The van der Waals surface area contributed by atoms with Crippen molar-refractivity contribution in [2.45, 2.75) is 34.1 Å². The number of carbonyl (C=O) groups excluding carboxylic acids is 4. The minimum absolute atomic E-state index is 0.0208. The lowest BCUT2D eigenvalue weighted by Crippen LogP contribution is -2.05. The zero-order chi connectivity index (χ0) is 16.7. The highest BCUT2D eigenvalue weighted by molar-refractivity contribution is 5.87. The third-order valence-corrected chi connectivity index (χ3v) is 1.22. The number of methoxy groups -OCH3 is 1. The lowest BCUT2D eigenvalue weighted by atomic mass is 10.3. The molecule has 0 aromatic rings. The van der Waals surface area contributed by atoms with E-state index in [0.29, 0.717) is 5.57 Å². The summed E-state index contributed by atoms with van der Waals surface area (Å²) >= 11 is 0. The lowest BCUT2D eigenvalue weighted by molar-refractivity contribution is -0.136. The fourth-order valence-corrected chi connectivity index (χ4v) is 0.515. The summed E-state index contributed by atoms with van der Waals surface area (Å²) in [5, 5.41) is 0. The summed E-state index contributed by atoms with van der Waals surface area (Å²) in [5.74, 6) is -0.677. The molecule has 114 valence electrons. The van der Waals surface area contributed by atoms with Crippen LogP contribution >= 0.6 is 0 Å². The number of rotatable bonds is 4. The number of ketones is 2. The van der Waals surface area contributed by atoms with Gasteiger partial charge in [-0.2, -0.15) is 0 Å². The predicted molar refractivity (Wildman–Crippen MR) is 76.8 cm³/mol. The summed E-state index contributed by atoms with van der Waals surface area (Å²) in [6.07, 6.45) is 2.91. The van der Waals surface area contributed by atoms with E-state index in [0.717, 1.165) is 0 Å². The van der Waals surface area contributed by atoms with E-state index in [1.807, 2.05) is 0 Å². The van der Waals surface area contributed by atoms with Gasteiger partial charge in [0.1, 0.15) is 11.6 Å². The van der Waals surface area contributed by atoms with Crippen LogP contribution in [0.1, 0.15) is 34.1 Å². The molecule has 1 amide bonds. The average molecular weight is 285 g/mol. The highest BCUT2D eigenvalue weighted by atomic mass is 16.5. The van der Waals surface area contributed by atoms with Gasteiger partial charge >= 0.3 is 5.97 Å². The molecule has 0 saturated carbocycles. The Kier molecular flexibility index (Phi) is 17.0. The van der Waals surface area contributed by atoms with Crippen LogP contribution < -0.4 is 5.73 Å². The first kappa shape index (κ1) is 22.9. The van der Waals surface area contributed by atoms with Crippen LogP contribution in [0, 0.1) is 0 Å². The van der Waals surface area contributed by atoms with Crippen molar-refractivity contribution in [3.05, 3.63) is 24.3 Å². The molecule has 0 aliphatic carbocycles. The predicted octanol–water partition coefficient (Wildman–Crippen LogP) is 1.34. The Bertz CT molecular complexity index is 379. The SMILES string of the molecule is C=C(C)C(=O)OC.CC(=O)CC=CC(N)=O.CC(C)=O. The molecule has 20 heavy (non-hydrogen) atoms. The first-order chi connectivity index (χ1) is 9.04. The molecular formula is C14H23NO5. The number of primary amides is 1. The molecule has 0 aliphatic rings. The summed E-state index contributed by atoms with van der Waals surface area (Å²) < 4.78 is 4.27. The number of esters is 1. The molecule has 2 N–H and O–H groups in total. The molecule has 6 nitrogen and oxygen atoms in total. The van der Waals surface area contributed by atoms with Crippen LogP contribution in [0.3, 0.4) is 0 Å². The third-order valence-electron chi connectivity index (χ3n) is 1.22. The van der Waals surface area contributed by atoms with Gasteiger partial charge in [-0.05, 0) is 33.8 Å². The fraction of sp³-hybridized carbons (Fsp3) is 0.429. The molecule has 0 unspecified atom stereocenters. The van der Waals surface area contributed by atoms with Gasteiger partial charge in [0.15, 0.2) is 0 Å². The summed E-state index contributed by atoms with van der Waals surface area (Å²) in [6, 6.07) is 0. The Balaban J connectivity index is -0.000000234. The first-order valence-electron chi connectivity index (χ1n) is 5.70. The molecule has 0 atom stereocenters. The van der Waals surface area contributed by atoms with Crippen molar-refractivity contribution in [2.75, 3.05) is 7.11 Å². The molecule has 0 rings (SSSR count). The molecule has 0 spiro atoms. The summed E-state index contributed by atoms with van der Waals surface area (Å²) in [6.45, 7) is 9.46. The minimum Gasteiger partial charge on any atom is -0.466 e. The van der Waals surface area contributed by atoms with Gasteiger partial charge in [0.25, 0.3) is 0 Å². The zero-order valence-corrected chi connectivity index (χ0v) is 12.7. The van der Waals surface area contributed by atoms with Crippen LogP contribution in [0.5, 0.6) is 0 Å². The van der Waals surface area contributed by atoms with Crippen molar-refractivity contribution in [1.29, 1.82) is 0 Å². The second kappa shape index (κ2) is 14.8. The standard InChI is InChI=1S/C6H9NO2.C5H8O2.C3H6O/c1-5(8)3-2-4-6(7)9;1-4(2)5(6)7-3;1-3(2)4/h2,4H,3H2,1H3,(H2,7,9);1H2,2-3H3;1-2H3. The topological polar surface area (TPSA) is 104 Å². The van der Waals surface area contributed by atoms with E-state index in [1.165, 1.54) is 40.0 Å². The van der Waals surface area contributed by atoms with Gasteiger partial charge in [-0.25, -0.2) is 4.79 Å². The van der Waals surface area contributed by atoms with Crippen molar-refractivity contribution in [1.82, 2.24) is 0 Å². The van der Waals surface area contributed by atoms with E-state index in [9.17, 15) is 19.2 Å². The van der Waals surface area contributed by atoms with Gasteiger partial charge in [0.2, 0.25) is 5.91 Å². The zero-order valence-electron chi connectivity index (χ0n) is 12.7. The van der Waals surface area contributed by atoms with Gasteiger partial charge in [-0.3, -0.25) is 9.59 Å². The Morgan fingerprint density at radius 1 is 1.10 bits per heavy atom. The molecule has 0 aliphatic heterocycles. The Morgan fingerprint density at radius 2 is 1.50 bits per heavy atom. The van der Waals surface area contributed by atoms with Gasteiger partial charge in [-0.1, -0.05) is 12.7 Å². The normalized spacial score (nSPS) is 8.45. The van der Waals surface area contributed by atoms with Crippen LogP contribution in [0.25, 0.3) is 0 Å².